The number of furan rings is 1. The highest BCUT2D eigenvalue weighted by atomic mass is 35.5. The summed E-state index contributed by atoms with van der Waals surface area (Å²) in [6.07, 6.45) is 6.86. The van der Waals surface area contributed by atoms with Gasteiger partial charge in [-0.25, -0.2) is 0 Å². The lowest BCUT2D eigenvalue weighted by Crippen LogP contribution is -2.40. The number of nitrogens with zero attached hydrogens (tertiary/aromatic N) is 2. The van der Waals surface area contributed by atoms with Crippen molar-refractivity contribution in [2.24, 2.45) is 40.6 Å². The van der Waals surface area contributed by atoms with Crippen molar-refractivity contribution in [1.82, 2.24) is 5.01 Å². The summed E-state index contributed by atoms with van der Waals surface area (Å²) in [5, 5.41) is 5.83. The normalized spacial score (nSPS) is 33.3. The van der Waals surface area contributed by atoms with Gasteiger partial charge < -0.3 is 9.15 Å². The first kappa shape index (κ1) is 18.0. The molecule has 6 nitrogen and oxygen atoms in total. The number of carbonyl (C=O) groups excluding carboxylic acids is 2. The molecule has 6 atom stereocenters. The molecule has 2 bridgehead atoms. The van der Waals surface area contributed by atoms with E-state index in [-0.39, 0.29) is 35.5 Å². The van der Waals surface area contributed by atoms with Gasteiger partial charge in [0.15, 0.2) is 0 Å². The Labute approximate surface area is 178 Å². The summed E-state index contributed by atoms with van der Waals surface area (Å²) in [5.41, 5.74) is 0.714. The third-order valence-electron chi connectivity index (χ3n) is 6.99. The number of hydrogen-bond donors (Lipinski definition) is 0. The molecule has 0 radical (unpaired) electrons. The third kappa shape index (κ3) is 2.46. The van der Waals surface area contributed by atoms with Crippen LogP contribution in [0.15, 0.2) is 52.0 Å². The van der Waals surface area contributed by atoms with Crippen molar-refractivity contribution in [3.05, 3.63) is 53.3 Å². The van der Waals surface area contributed by atoms with Crippen LogP contribution < -0.4 is 4.74 Å². The van der Waals surface area contributed by atoms with Crippen LogP contribution >= 0.6 is 11.6 Å². The molecule has 0 N–H and O–H groups in total. The van der Waals surface area contributed by atoms with Crippen LogP contribution in [0.5, 0.6) is 5.75 Å². The van der Waals surface area contributed by atoms with E-state index in [0.717, 1.165) is 11.4 Å². The SMILES string of the molecule is COc1ccc(Cl)cc1-c1ccc(/C=N\N2C(=O)[C@@H]3[C@@H]4C=C[C@H]([C@@H]5C[C@H]45)[C@@H]3C2=O)o1. The maximum atomic E-state index is 13.0. The Kier molecular flexibility index (Phi) is 3.78. The van der Waals surface area contributed by atoms with Crippen molar-refractivity contribution in [1.29, 1.82) is 0 Å². The van der Waals surface area contributed by atoms with Crippen molar-refractivity contribution in [3.8, 4) is 17.1 Å². The first-order valence-electron chi connectivity index (χ1n) is 10.1. The number of allylic oxidation sites excluding steroid dienone is 2. The van der Waals surface area contributed by atoms with Gasteiger partial charge in [-0.1, -0.05) is 23.8 Å². The van der Waals surface area contributed by atoms with E-state index in [9.17, 15) is 9.59 Å². The first-order chi connectivity index (χ1) is 14.6. The molecule has 7 heteroatoms. The highest BCUT2D eigenvalue weighted by Crippen LogP contribution is 2.65. The zero-order chi connectivity index (χ0) is 20.6. The molecule has 1 aromatic carbocycles. The molecule has 2 amide bonds. The van der Waals surface area contributed by atoms with Crippen molar-refractivity contribution in [2.75, 3.05) is 7.11 Å². The van der Waals surface area contributed by atoms with Gasteiger partial charge in [-0.05, 0) is 60.4 Å². The van der Waals surface area contributed by atoms with Crippen LogP contribution in [0.25, 0.3) is 11.3 Å². The van der Waals surface area contributed by atoms with Crippen molar-refractivity contribution < 1.29 is 18.7 Å². The molecule has 4 aliphatic carbocycles. The summed E-state index contributed by atoms with van der Waals surface area (Å²) in [6, 6.07) is 8.78. The second-order valence-corrected chi connectivity index (χ2v) is 8.87. The van der Waals surface area contributed by atoms with E-state index < -0.39 is 0 Å². The number of hydrazone groups is 1. The smallest absolute Gasteiger partial charge is 0.254 e. The van der Waals surface area contributed by atoms with Crippen molar-refractivity contribution in [3.63, 3.8) is 0 Å². The van der Waals surface area contributed by atoms with Crippen molar-refractivity contribution >= 4 is 29.6 Å². The summed E-state index contributed by atoms with van der Waals surface area (Å²) in [7, 11) is 1.58. The van der Waals surface area contributed by atoms with E-state index in [1.165, 1.54) is 6.21 Å². The number of imide groups is 1. The van der Waals surface area contributed by atoms with Crippen LogP contribution in [0.2, 0.25) is 5.02 Å². The number of amides is 2. The van der Waals surface area contributed by atoms with Crippen molar-refractivity contribution in [2.45, 2.75) is 6.42 Å². The monoisotopic (exact) mass is 422 g/mol. The van der Waals surface area contributed by atoms with Gasteiger partial charge in [0.2, 0.25) is 0 Å². The quantitative estimate of drug-likeness (QED) is 0.424. The van der Waals surface area contributed by atoms with Gasteiger partial charge in [-0.2, -0.15) is 10.1 Å². The average molecular weight is 423 g/mol. The molecular formula is C23H19ClN2O4. The molecular weight excluding hydrogens is 404 g/mol. The maximum Gasteiger partial charge on any atom is 0.254 e. The number of methoxy groups -OCH3 is 1. The minimum absolute atomic E-state index is 0.186. The largest absolute Gasteiger partial charge is 0.496 e. The summed E-state index contributed by atoms with van der Waals surface area (Å²) < 4.78 is 11.2. The molecule has 2 heterocycles. The van der Waals surface area contributed by atoms with Crippen LogP contribution in [-0.4, -0.2) is 30.1 Å². The molecule has 152 valence electrons. The molecule has 1 saturated heterocycles. The molecule has 30 heavy (non-hydrogen) atoms. The summed E-state index contributed by atoms with van der Waals surface area (Å²) in [4.78, 5) is 25.9. The minimum atomic E-state index is -0.253. The van der Waals surface area contributed by atoms with Gasteiger partial charge in [0.05, 0.1) is 30.7 Å². The lowest BCUT2D eigenvalue weighted by Gasteiger charge is -2.37. The van der Waals surface area contributed by atoms with Gasteiger partial charge >= 0.3 is 0 Å². The molecule has 2 saturated carbocycles. The molecule has 7 rings (SSSR count). The molecule has 5 aliphatic rings. The lowest BCUT2D eigenvalue weighted by molar-refractivity contribution is -0.140. The van der Waals surface area contributed by atoms with Crippen LogP contribution in [0.4, 0.5) is 0 Å². The fourth-order valence-corrected chi connectivity index (χ4v) is 5.78. The molecule has 3 fully saturated rings. The fourth-order valence-electron chi connectivity index (χ4n) is 5.61. The van der Waals surface area contributed by atoms with Gasteiger partial charge in [0, 0.05) is 5.02 Å². The lowest BCUT2D eigenvalue weighted by atomic mass is 9.63. The second-order valence-electron chi connectivity index (χ2n) is 8.43. The number of carbonyl (C=O) groups is 2. The Balaban J connectivity index is 1.26. The first-order valence-corrected chi connectivity index (χ1v) is 10.5. The van der Waals surface area contributed by atoms with E-state index in [1.54, 1.807) is 37.4 Å². The Morgan fingerprint density at radius 1 is 1.10 bits per heavy atom. The zero-order valence-corrected chi connectivity index (χ0v) is 17.0. The Bertz CT molecular complexity index is 1100. The van der Waals surface area contributed by atoms with Crippen LogP contribution in [0.3, 0.4) is 0 Å². The topological polar surface area (TPSA) is 72.1 Å². The molecule has 0 unspecified atom stereocenters. The molecule has 2 aromatic rings. The molecule has 1 aliphatic heterocycles. The predicted molar refractivity (Wildman–Crippen MR) is 110 cm³/mol. The van der Waals surface area contributed by atoms with E-state index in [0.29, 0.717) is 39.7 Å². The summed E-state index contributed by atoms with van der Waals surface area (Å²) >= 11 is 6.10. The van der Waals surface area contributed by atoms with E-state index in [2.05, 4.69) is 17.3 Å². The number of halogens is 1. The minimum Gasteiger partial charge on any atom is -0.496 e. The maximum absolute atomic E-state index is 13.0. The van der Waals surface area contributed by atoms with Gasteiger partial charge in [-0.3, -0.25) is 9.59 Å². The fraction of sp³-hybridized carbons (Fsp3) is 0.348. The Morgan fingerprint density at radius 3 is 2.47 bits per heavy atom. The van der Waals surface area contributed by atoms with E-state index >= 15 is 0 Å². The molecule has 0 spiro atoms. The summed E-state index contributed by atoms with van der Waals surface area (Å²) in [5.74, 6) is 2.27. The van der Waals surface area contributed by atoms with Crippen LogP contribution in [0.1, 0.15) is 12.2 Å². The summed E-state index contributed by atoms with van der Waals surface area (Å²) in [6.45, 7) is 0. The standard InChI is InChI=1S/C23H19ClN2O4/c1-29-18-6-2-11(24)8-17(18)19-7-3-12(30-19)10-25-26-22(27)20-13-4-5-14(16-9-15(13)16)21(20)23(26)28/h2-8,10,13-16,20-21H,9H2,1H3/b25-10-/t13-,14-,15-,16+,20-,21+/m1/s1. The number of rotatable bonds is 4. The van der Waals surface area contributed by atoms with Crippen LogP contribution in [0, 0.1) is 35.5 Å². The third-order valence-corrected chi connectivity index (χ3v) is 7.23. The highest BCUT2D eigenvalue weighted by Gasteiger charge is 2.67. The van der Waals surface area contributed by atoms with E-state index in [4.69, 9.17) is 20.8 Å². The second kappa shape index (κ2) is 6.32. The number of ether oxygens (including phenoxy) is 1. The van der Waals surface area contributed by atoms with Gasteiger partial charge in [0.1, 0.15) is 17.3 Å². The predicted octanol–water partition coefficient (Wildman–Crippen LogP) is 4.00. The van der Waals surface area contributed by atoms with Gasteiger partial charge in [-0.15, -0.1) is 0 Å². The van der Waals surface area contributed by atoms with Crippen LogP contribution in [-0.2, 0) is 9.59 Å². The average Bonchev–Trinajstić information content (AvgIpc) is 3.39. The van der Waals surface area contributed by atoms with Gasteiger partial charge in [0.25, 0.3) is 11.8 Å². The number of benzene rings is 1. The highest BCUT2D eigenvalue weighted by molar-refractivity contribution is 6.31. The Morgan fingerprint density at radius 2 is 1.80 bits per heavy atom. The number of hydrogen-bond acceptors (Lipinski definition) is 5. The van der Waals surface area contributed by atoms with E-state index in [1.807, 2.05) is 0 Å². The molecule has 1 aromatic heterocycles. The Hall–Kier alpha value is -2.86. The zero-order valence-electron chi connectivity index (χ0n) is 16.2.